The van der Waals surface area contributed by atoms with Gasteiger partial charge in [0.15, 0.2) is 0 Å². The van der Waals surface area contributed by atoms with E-state index in [0.29, 0.717) is 0 Å². The number of halogens is 2. The molecule has 0 saturated carbocycles. The Kier molecular flexibility index (Phi) is 3.68. The maximum atomic E-state index is 12.4. The zero-order valence-electron chi connectivity index (χ0n) is 7.78. The summed E-state index contributed by atoms with van der Waals surface area (Å²) in [5, 5.41) is 8.49. The number of aromatic nitrogens is 1. The molecular formula is C9H10F2N2O2. The van der Waals surface area contributed by atoms with Gasteiger partial charge in [-0.3, -0.25) is 9.78 Å². The average Bonchev–Trinajstić information content (AvgIpc) is 2.16. The van der Waals surface area contributed by atoms with Crippen molar-refractivity contribution in [1.29, 1.82) is 0 Å². The number of hydrogen-bond acceptors (Lipinski definition) is 3. The highest BCUT2D eigenvalue weighted by atomic mass is 19.3. The second kappa shape index (κ2) is 4.79. The molecular weight excluding hydrogens is 206 g/mol. The van der Waals surface area contributed by atoms with Crippen LogP contribution in [0.3, 0.4) is 0 Å². The summed E-state index contributed by atoms with van der Waals surface area (Å²) in [6.07, 6.45) is -2.94. The second-order valence-electron chi connectivity index (χ2n) is 2.91. The third-order valence-electron chi connectivity index (χ3n) is 1.83. The largest absolute Gasteiger partial charge is 0.481 e. The highest BCUT2D eigenvalue weighted by Crippen LogP contribution is 2.21. The highest BCUT2D eigenvalue weighted by Gasteiger charge is 2.14. The van der Waals surface area contributed by atoms with Gasteiger partial charge in [0.25, 0.3) is 6.43 Å². The van der Waals surface area contributed by atoms with Gasteiger partial charge in [-0.05, 0) is 12.1 Å². The van der Waals surface area contributed by atoms with Crippen molar-refractivity contribution in [2.45, 2.75) is 19.4 Å². The topological polar surface area (TPSA) is 76.2 Å². The standard InChI is InChI=1S/C9H10F2N2O2/c10-9(11)6-2-1-5(3-8(14)15)13-7(6)4-12/h1-2,9H,3-4,12H2,(H,14,15). The quantitative estimate of drug-likeness (QED) is 0.790. The summed E-state index contributed by atoms with van der Waals surface area (Å²) in [5.74, 6) is -1.06. The van der Waals surface area contributed by atoms with Gasteiger partial charge in [-0.25, -0.2) is 8.78 Å². The zero-order valence-corrected chi connectivity index (χ0v) is 7.78. The number of carboxylic acids is 1. The summed E-state index contributed by atoms with van der Waals surface area (Å²) in [7, 11) is 0. The van der Waals surface area contributed by atoms with Gasteiger partial charge in [-0.1, -0.05) is 0 Å². The van der Waals surface area contributed by atoms with Crippen LogP contribution in [-0.2, 0) is 17.8 Å². The fraction of sp³-hybridized carbons (Fsp3) is 0.333. The molecule has 0 bridgehead atoms. The van der Waals surface area contributed by atoms with Gasteiger partial charge in [-0.15, -0.1) is 0 Å². The lowest BCUT2D eigenvalue weighted by atomic mass is 10.1. The SMILES string of the molecule is NCc1nc(CC(=O)O)ccc1C(F)F. The van der Waals surface area contributed by atoms with Crippen molar-refractivity contribution >= 4 is 5.97 Å². The van der Waals surface area contributed by atoms with Crippen LogP contribution in [0.2, 0.25) is 0 Å². The third kappa shape index (κ3) is 2.95. The number of aliphatic carboxylic acids is 1. The van der Waals surface area contributed by atoms with E-state index in [0.717, 1.165) is 6.07 Å². The zero-order chi connectivity index (χ0) is 11.4. The van der Waals surface area contributed by atoms with Gasteiger partial charge in [0.1, 0.15) is 0 Å². The lowest BCUT2D eigenvalue weighted by Crippen LogP contribution is -2.09. The van der Waals surface area contributed by atoms with E-state index in [1.165, 1.54) is 6.07 Å². The summed E-state index contributed by atoms with van der Waals surface area (Å²) >= 11 is 0. The van der Waals surface area contributed by atoms with Gasteiger partial charge in [0.2, 0.25) is 0 Å². The molecule has 1 aromatic heterocycles. The molecule has 0 radical (unpaired) electrons. The number of carboxylic acid groups (broad SMARTS) is 1. The number of carbonyl (C=O) groups is 1. The van der Waals surface area contributed by atoms with Crippen molar-refractivity contribution in [3.63, 3.8) is 0 Å². The lowest BCUT2D eigenvalue weighted by Gasteiger charge is -2.07. The minimum Gasteiger partial charge on any atom is -0.481 e. The number of pyridine rings is 1. The van der Waals surface area contributed by atoms with Crippen LogP contribution < -0.4 is 5.73 Å². The Hall–Kier alpha value is -1.56. The first-order valence-corrected chi connectivity index (χ1v) is 4.23. The number of rotatable bonds is 4. The minimum absolute atomic E-state index is 0.0451. The molecule has 15 heavy (non-hydrogen) atoms. The highest BCUT2D eigenvalue weighted by molar-refractivity contribution is 5.69. The Balaban J connectivity index is 3.02. The van der Waals surface area contributed by atoms with Crippen LogP contribution in [0.4, 0.5) is 8.78 Å². The van der Waals surface area contributed by atoms with Crippen LogP contribution in [0.1, 0.15) is 23.4 Å². The molecule has 0 spiro atoms. The molecule has 0 atom stereocenters. The molecule has 1 heterocycles. The second-order valence-corrected chi connectivity index (χ2v) is 2.91. The van der Waals surface area contributed by atoms with Crippen molar-refractivity contribution in [3.8, 4) is 0 Å². The van der Waals surface area contributed by atoms with Crippen molar-refractivity contribution < 1.29 is 18.7 Å². The van der Waals surface area contributed by atoms with Gasteiger partial charge in [-0.2, -0.15) is 0 Å². The minimum atomic E-state index is -2.64. The molecule has 0 unspecified atom stereocenters. The number of nitrogens with zero attached hydrogens (tertiary/aromatic N) is 1. The maximum absolute atomic E-state index is 12.4. The first-order chi connectivity index (χ1) is 7.04. The molecule has 82 valence electrons. The first kappa shape index (κ1) is 11.5. The van der Waals surface area contributed by atoms with E-state index in [-0.39, 0.29) is 29.9 Å². The van der Waals surface area contributed by atoms with Crippen molar-refractivity contribution in [3.05, 3.63) is 29.1 Å². The smallest absolute Gasteiger partial charge is 0.309 e. The molecule has 4 nitrogen and oxygen atoms in total. The van der Waals surface area contributed by atoms with Crippen LogP contribution in [0.15, 0.2) is 12.1 Å². The van der Waals surface area contributed by atoms with Crippen molar-refractivity contribution in [1.82, 2.24) is 4.98 Å². The first-order valence-electron chi connectivity index (χ1n) is 4.23. The molecule has 0 aliphatic heterocycles. The third-order valence-corrected chi connectivity index (χ3v) is 1.83. The van der Waals surface area contributed by atoms with Crippen LogP contribution >= 0.6 is 0 Å². The Labute approximate surface area is 84.7 Å². The molecule has 0 fully saturated rings. The molecule has 0 aromatic carbocycles. The molecule has 1 rings (SSSR count). The van der Waals surface area contributed by atoms with Gasteiger partial charge < -0.3 is 10.8 Å². The predicted octanol–water partition coefficient (Wildman–Crippen LogP) is 1.10. The summed E-state index contributed by atoms with van der Waals surface area (Å²) < 4.78 is 24.8. The van der Waals surface area contributed by atoms with E-state index in [9.17, 15) is 13.6 Å². The Morgan fingerprint density at radius 2 is 2.20 bits per heavy atom. The number of nitrogens with two attached hydrogens (primary N) is 1. The maximum Gasteiger partial charge on any atom is 0.309 e. The van der Waals surface area contributed by atoms with Gasteiger partial charge in [0, 0.05) is 12.1 Å². The van der Waals surface area contributed by atoms with Crippen LogP contribution in [0.5, 0.6) is 0 Å². The van der Waals surface area contributed by atoms with Crippen molar-refractivity contribution in [2.75, 3.05) is 0 Å². The molecule has 3 N–H and O–H groups in total. The Morgan fingerprint density at radius 1 is 1.53 bits per heavy atom. The monoisotopic (exact) mass is 216 g/mol. The van der Waals surface area contributed by atoms with Crippen LogP contribution in [0.25, 0.3) is 0 Å². The van der Waals surface area contributed by atoms with Crippen LogP contribution in [-0.4, -0.2) is 16.1 Å². The molecule has 0 aliphatic carbocycles. The lowest BCUT2D eigenvalue weighted by molar-refractivity contribution is -0.136. The Morgan fingerprint density at radius 3 is 2.67 bits per heavy atom. The summed E-state index contributed by atoms with van der Waals surface area (Å²) in [6.45, 7) is -0.132. The van der Waals surface area contributed by atoms with Crippen LogP contribution in [0, 0.1) is 0 Å². The van der Waals surface area contributed by atoms with E-state index in [1.807, 2.05) is 0 Å². The Bertz CT molecular complexity index is 369. The summed E-state index contributed by atoms with van der Waals surface area (Å²) in [6, 6.07) is 2.44. The van der Waals surface area contributed by atoms with Gasteiger partial charge in [0.05, 0.1) is 17.8 Å². The number of hydrogen-bond donors (Lipinski definition) is 2. The van der Waals surface area contributed by atoms with E-state index in [2.05, 4.69) is 4.98 Å². The van der Waals surface area contributed by atoms with Crippen molar-refractivity contribution in [2.24, 2.45) is 5.73 Å². The molecule has 0 amide bonds. The fourth-order valence-electron chi connectivity index (χ4n) is 1.17. The van der Waals surface area contributed by atoms with E-state index in [4.69, 9.17) is 10.8 Å². The van der Waals surface area contributed by atoms with E-state index >= 15 is 0 Å². The molecule has 6 heteroatoms. The molecule has 1 aromatic rings. The van der Waals surface area contributed by atoms with Gasteiger partial charge >= 0.3 is 5.97 Å². The number of alkyl halides is 2. The summed E-state index contributed by atoms with van der Waals surface area (Å²) in [5.41, 5.74) is 5.28. The summed E-state index contributed by atoms with van der Waals surface area (Å²) in [4.78, 5) is 14.1. The molecule has 0 saturated heterocycles. The average molecular weight is 216 g/mol. The normalized spacial score (nSPS) is 10.7. The molecule has 0 aliphatic rings. The predicted molar refractivity (Wildman–Crippen MR) is 48.4 cm³/mol. The fourth-order valence-corrected chi connectivity index (χ4v) is 1.17. The van der Waals surface area contributed by atoms with E-state index in [1.54, 1.807) is 0 Å². The van der Waals surface area contributed by atoms with E-state index < -0.39 is 12.4 Å².